The number of esters is 1. The Labute approximate surface area is 193 Å². The Balaban J connectivity index is 1.65. The fourth-order valence-corrected chi connectivity index (χ4v) is 3.36. The van der Waals surface area contributed by atoms with E-state index in [4.69, 9.17) is 10.5 Å². The van der Waals surface area contributed by atoms with Crippen molar-refractivity contribution in [2.24, 2.45) is 5.73 Å². The quantitative estimate of drug-likeness (QED) is 0.286. The van der Waals surface area contributed by atoms with Gasteiger partial charge in [0.1, 0.15) is 6.61 Å². The van der Waals surface area contributed by atoms with Gasteiger partial charge in [0.25, 0.3) is 0 Å². The molecule has 1 aromatic heterocycles. The van der Waals surface area contributed by atoms with Gasteiger partial charge in [-0.1, -0.05) is 55.1 Å². The molecule has 0 saturated heterocycles. The molecule has 6 nitrogen and oxygen atoms in total. The average molecular weight is 442 g/mol. The van der Waals surface area contributed by atoms with Crippen LogP contribution in [0.15, 0.2) is 97.4 Å². The number of nitrogens with one attached hydrogen (secondary N) is 1. The summed E-state index contributed by atoms with van der Waals surface area (Å²) in [6, 6.07) is 14.9. The summed E-state index contributed by atoms with van der Waals surface area (Å²) in [6.07, 6.45) is 10.1. The first-order valence-electron chi connectivity index (χ1n) is 10.6. The van der Waals surface area contributed by atoms with Crippen LogP contribution in [0.2, 0.25) is 0 Å². The minimum Gasteiger partial charge on any atom is -0.457 e. The summed E-state index contributed by atoms with van der Waals surface area (Å²) in [5.74, 6) is -1.12. The van der Waals surface area contributed by atoms with E-state index < -0.39 is 11.9 Å². The molecule has 3 aromatic rings. The van der Waals surface area contributed by atoms with Crippen LogP contribution in [0.1, 0.15) is 24.0 Å². The lowest BCUT2D eigenvalue weighted by molar-refractivity contribution is -0.139. The Kier molecular flexibility index (Phi) is 8.27. The Morgan fingerprint density at radius 1 is 1.15 bits per heavy atom. The number of hydrogen-bond donors (Lipinski definition) is 2. The molecule has 33 heavy (non-hydrogen) atoms. The highest BCUT2D eigenvalue weighted by molar-refractivity contribution is 5.98. The molecule has 0 spiro atoms. The van der Waals surface area contributed by atoms with E-state index in [1.165, 1.54) is 0 Å². The highest BCUT2D eigenvalue weighted by Crippen LogP contribution is 2.22. The average Bonchev–Trinajstić information content (AvgIpc) is 2.83. The van der Waals surface area contributed by atoms with Gasteiger partial charge < -0.3 is 15.8 Å². The maximum Gasteiger partial charge on any atom is 0.338 e. The summed E-state index contributed by atoms with van der Waals surface area (Å²) < 4.78 is 5.37. The van der Waals surface area contributed by atoms with Crippen molar-refractivity contribution in [3.8, 4) is 0 Å². The molecule has 3 rings (SSSR count). The molecular formula is C27H27N3O3. The molecule has 3 N–H and O–H groups in total. The van der Waals surface area contributed by atoms with E-state index in [0.29, 0.717) is 11.3 Å². The molecule has 0 radical (unpaired) electrons. The monoisotopic (exact) mass is 441 g/mol. The largest absolute Gasteiger partial charge is 0.457 e. The number of pyridine rings is 1. The molecule has 0 saturated carbocycles. The number of amides is 1. The lowest BCUT2D eigenvalue weighted by Crippen LogP contribution is -2.27. The van der Waals surface area contributed by atoms with Crippen molar-refractivity contribution < 1.29 is 14.3 Å². The molecular weight excluding hydrogens is 414 g/mol. The summed E-state index contributed by atoms with van der Waals surface area (Å²) >= 11 is 0. The Morgan fingerprint density at radius 2 is 1.94 bits per heavy atom. The van der Waals surface area contributed by atoms with Crippen molar-refractivity contribution in [2.45, 2.75) is 19.4 Å². The molecule has 1 amide bonds. The lowest BCUT2D eigenvalue weighted by Gasteiger charge is -2.16. The maximum absolute atomic E-state index is 12.9. The molecule has 1 atom stereocenters. The van der Waals surface area contributed by atoms with Crippen LogP contribution in [-0.2, 0) is 20.9 Å². The number of allylic oxidation sites excluding steroid dienone is 3. The van der Waals surface area contributed by atoms with Gasteiger partial charge in [0.05, 0.1) is 11.5 Å². The van der Waals surface area contributed by atoms with Crippen molar-refractivity contribution >= 4 is 28.3 Å². The third-order valence-electron chi connectivity index (χ3n) is 5.09. The van der Waals surface area contributed by atoms with Crippen molar-refractivity contribution in [3.05, 3.63) is 109 Å². The number of aromatic nitrogens is 1. The zero-order chi connectivity index (χ0) is 23.6. The van der Waals surface area contributed by atoms with Crippen LogP contribution in [0.5, 0.6) is 0 Å². The molecule has 0 aliphatic heterocycles. The first-order valence-corrected chi connectivity index (χ1v) is 10.6. The van der Waals surface area contributed by atoms with Gasteiger partial charge in [0.15, 0.2) is 0 Å². The summed E-state index contributed by atoms with van der Waals surface area (Å²) in [7, 11) is 0. The zero-order valence-corrected chi connectivity index (χ0v) is 18.5. The van der Waals surface area contributed by atoms with Crippen molar-refractivity contribution in [2.75, 3.05) is 11.9 Å². The van der Waals surface area contributed by atoms with Gasteiger partial charge >= 0.3 is 5.97 Å². The molecule has 1 heterocycles. The number of nitrogens with two attached hydrogens (primary N) is 1. The van der Waals surface area contributed by atoms with Crippen molar-refractivity contribution in [3.63, 3.8) is 0 Å². The minimum atomic E-state index is -0.508. The second-order valence-corrected chi connectivity index (χ2v) is 7.39. The summed E-state index contributed by atoms with van der Waals surface area (Å²) in [4.78, 5) is 29.2. The number of hydrogen-bond acceptors (Lipinski definition) is 5. The maximum atomic E-state index is 12.9. The summed E-state index contributed by atoms with van der Waals surface area (Å²) in [5.41, 5.74) is 8.64. The van der Waals surface area contributed by atoms with Crippen molar-refractivity contribution in [1.29, 1.82) is 0 Å². The number of benzene rings is 2. The Hall–Kier alpha value is -4.03. The number of anilines is 1. The summed E-state index contributed by atoms with van der Waals surface area (Å²) in [5, 5.41) is 4.94. The number of nitrogens with zero attached hydrogens (tertiary/aromatic N) is 1. The molecule has 0 aliphatic rings. The number of rotatable bonds is 9. The van der Waals surface area contributed by atoms with E-state index in [-0.39, 0.29) is 19.1 Å². The van der Waals surface area contributed by atoms with Gasteiger partial charge in [0.2, 0.25) is 5.91 Å². The molecule has 6 heteroatoms. The van der Waals surface area contributed by atoms with E-state index in [2.05, 4.69) is 16.9 Å². The van der Waals surface area contributed by atoms with Crippen LogP contribution in [0.25, 0.3) is 10.8 Å². The highest BCUT2D eigenvalue weighted by Gasteiger charge is 2.19. The van der Waals surface area contributed by atoms with Gasteiger partial charge in [-0.25, -0.2) is 4.79 Å². The van der Waals surface area contributed by atoms with E-state index >= 15 is 0 Å². The number of ether oxygens (including phenoxy) is 1. The number of carbonyl (C=O) groups excluding carboxylic acids is 2. The predicted molar refractivity (Wildman–Crippen MR) is 132 cm³/mol. The van der Waals surface area contributed by atoms with Crippen molar-refractivity contribution in [1.82, 2.24) is 4.98 Å². The molecule has 0 aliphatic carbocycles. The van der Waals surface area contributed by atoms with Gasteiger partial charge in [-0.05, 0) is 47.7 Å². The third kappa shape index (κ3) is 6.24. The van der Waals surface area contributed by atoms with Gasteiger partial charge in [-0.2, -0.15) is 0 Å². The summed E-state index contributed by atoms with van der Waals surface area (Å²) in [6.45, 7) is 5.72. The van der Waals surface area contributed by atoms with Crippen LogP contribution < -0.4 is 11.1 Å². The van der Waals surface area contributed by atoms with Crippen LogP contribution >= 0.6 is 0 Å². The molecule has 168 valence electrons. The fourth-order valence-electron chi connectivity index (χ4n) is 3.36. The molecule has 0 bridgehead atoms. The SMILES string of the molecule is C=C/C=C(\C=C/C)C(=O)OCc1ccc(C(CN)C(=O)Nc2ccc3cnccc3c2)cc1. The van der Waals surface area contributed by atoms with E-state index in [1.54, 1.807) is 36.7 Å². The normalized spacial score (nSPS) is 12.5. The zero-order valence-electron chi connectivity index (χ0n) is 18.5. The van der Waals surface area contributed by atoms with E-state index in [1.807, 2.05) is 55.5 Å². The molecule has 1 unspecified atom stereocenters. The standard InChI is InChI=1S/C27H27N3O3/c1-3-5-21(6-4-2)27(32)33-18-19-7-9-20(10-8-19)25(16-28)26(31)30-24-12-11-23-17-29-14-13-22(23)15-24/h3-15,17,25H,1,16,18,28H2,2H3,(H,30,31)/b6-4-,21-5+. The van der Waals surface area contributed by atoms with E-state index in [0.717, 1.165) is 21.9 Å². The second-order valence-electron chi connectivity index (χ2n) is 7.39. The number of carbonyl (C=O) groups is 2. The smallest absolute Gasteiger partial charge is 0.338 e. The first-order chi connectivity index (χ1) is 16.0. The Morgan fingerprint density at radius 3 is 2.64 bits per heavy atom. The minimum absolute atomic E-state index is 0.122. The van der Waals surface area contributed by atoms with Crippen LogP contribution in [0, 0.1) is 0 Å². The number of fused-ring (bicyclic) bond motifs is 1. The van der Waals surface area contributed by atoms with Gasteiger partial charge in [0, 0.05) is 30.0 Å². The van der Waals surface area contributed by atoms with Gasteiger partial charge in [-0.15, -0.1) is 0 Å². The Bertz CT molecular complexity index is 1200. The first kappa shape index (κ1) is 23.6. The highest BCUT2D eigenvalue weighted by atomic mass is 16.5. The predicted octanol–water partition coefficient (Wildman–Crippen LogP) is 4.65. The third-order valence-corrected chi connectivity index (χ3v) is 5.09. The van der Waals surface area contributed by atoms with E-state index in [9.17, 15) is 9.59 Å². The lowest BCUT2D eigenvalue weighted by atomic mass is 9.97. The fraction of sp³-hybridized carbons (Fsp3) is 0.148. The topological polar surface area (TPSA) is 94.3 Å². The molecule has 2 aromatic carbocycles. The molecule has 0 fully saturated rings. The van der Waals surface area contributed by atoms with Crippen LogP contribution in [0.3, 0.4) is 0 Å². The second kappa shape index (κ2) is 11.5. The van der Waals surface area contributed by atoms with Gasteiger partial charge in [-0.3, -0.25) is 9.78 Å². The van der Waals surface area contributed by atoms with Crippen LogP contribution in [0.4, 0.5) is 5.69 Å². The van der Waals surface area contributed by atoms with Crippen LogP contribution in [-0.4, -0.2) is 23.4 Å².